The molecule has 1 aliphatic carbocycles. The fraction of sp³-hybridized carbons (Fsp3) is 0.368. The summed E-state index contributed by atoms with van der Waals surface area (Å²) < 4.78 is 0. The number of rotatable bonds is 9. The predicted octanol–water partition coefficient (Wildman–Crippen LogP) is 2.96. The Bertz CT molecular complexity index is 625. The summed E-state index contributed by atoms with van der Waals surface area (Å²) >= 11 is 0. The van der Waals surface area contributed by atoms with E-state index >= 15 is 0 Å². The molecule has 5 nitrogen and oxygen atoms in total. The molecule has 0 atom stereocenters. The van der Waals surface area contributed by atoms with Crippen LogP contribution in [0.2, 0.25) is 0 Å². The van der Waals surface area contributed by atoms with Gasteiger partial charge in [0.05, 0.1) is 6.54 Å². The van der Waals surface area contributed by atoms with Crippen molar-refractivity contribution in [3.63, 3.8) is 0 Å². The van der Waals surface area contributed by atoms with Crippen molar-refractivity contribution >= 4 is 23.2 Å². The number of nitrogens with one attached hydrogen (secondary N) is 2. The molecule has 1 fully saturated rings. The molecule has 0 saturated heterocycles. The number of carbonyl (C=O) groups excluding carboxylic acids is 2. The summed E-state index contributed by atoms with van der Waals surface area (Å²) in [4.78, 5) is 25.9. The number of amides is 2. The van der Waals surface area contributed by atoms with Gasteiger partial charge in [0.25, 0.3) is 0 Å². The highest BCUT2D eigenvalue weighted by Gasteiger charge is 2.29. The number of hydrogen-bond donors (Lipinski definition) is 2. The summed E-state index contributed by atoms with van der Waals surface area (Å²) in [6, 6.07) is 5.65. The molecule has 2 N–H and O–H groups in total. The van der Waals surface area contributed by atoms with E-state index in [2.05, 4.69) is 23.8 Å². The third-order valence-corrected chi connectivity index (χ3v) is 4.02. The third-order valence-electron chi connectivity index (χ3n) is 4.02. The zero-order valence-corrected chi connectivity index (χ0v) is 14.2. The van der Waals surface area contributed by atoms with E-state index in [1.54, 1.807) is 17.1 Å². The van der Waals surface area contributed by atoms with Gasteiger partial charge >= 0.3 is 0 Å². The Balaban J connectivity index is 1.98. The Kier molecular flexibility index (Phi) is 6.18. The lowest BCUT2D eigenvalue weighted by Crippen LogP contribution is -2.35. The monoisotopic (exact) mass is 327 g/mol. The van der Waals surface area contributed by atoms with Gasteiger partial charge in [-0.15, -0.1) is 13.2 Å². The first-order chi connectivity index (χ1) is 11.6. The first-order valence-corrected chi connectivity index (χ1v) is 8.20. The van der Waals surface area contributed by atoms with Crippen LogP contribution in [-0.4, -0.2) is 36.3 Å². The average Bonchev–Trinajstić information content (AvgIpc) is 3.40. The van der Waals surface area contributed by atoms with E-state index in [0.717, 1.165) is 29.8 Å². The lowest BCUT2D eigenvalue weighted by atomic mass is 10.1. The Morgan fingerprint density at radius 1 is 1.21 bits per heavy atom. The van der Waals surface area contributed by atoms with Gasteiger partial charge in [-0.2, -0.15) is 0 Å². The van der Waals surface area contributed by atoms with Gasteiger partial charge in [0.1, 0.15) is 0 Å². The minimum absolute atomic E-state index is 0.0263. The summed E-state index contributed by atoms with van der Waals surface area (Å²) in [7, 11) is 0. The fourth-order valence-corrected chi connectivity index (χ4v) is 2.42. The molecule has 0 unspecified atom stereocenters. The van der Waals surface area contributed by atoms with Crippen LogP contribution in [0.5, 0.6) is 0 Å². The van der Waals surface area contributed by atoms with Gasteiger partial charge in [-0.25, -0.2) is 0 Å². The van der Waals surface area contributed by atoms with Crippen molar-refractivity contribution in [2.24, 2.45) is 5.92 Å². The molecule has 1 aromatic carbocycles. The van der Waals surface area contributed by atoms with Crippen LogP contribution in [0, 0.1) is 12.8 Å². The highest BCUT2D eigenvalue weighted by Crippen LogP contribution is 2.31. The van der Waals surface area contributed by atoms with Crippen molar-refractivity contribution in [3.05, 3.63) is 49.1 Å². The fourth-order valence-electron chi connectivity index (χ4n) is 2.42. The standard InChI is InChI=1S/C19H25N3O2/c1-4-11-22(12-5-2)18(23)13-20-16-7-6-8-17(14(16)3)21-19(24)15-9-10-15/h4-8,15,20H,1-2,9-13H2,3H3,(H,21,24). The van der Waals surface area contributed by atoms with Crippen LogP contribution in [0.25, 0.3) is 0 Å². The van der Waals surface area contributed by atoms with Gasteiger partial charge in [0, 0.05) is 30.4 Å². The van der Waals surface area contributed by atoms with Gasteiger partial charge in [0.2, 0.25) is 11.8 Å². The second kappa shape index (κ2) is 8.34. The zero-order chi connectivity index (χ0) is 17.5. The second-order valence-electron chi connectivity index (χ2n) is 5.97. The van der Waals surface area contributed by atoms with Crippen LogP contribution in [0.15, 0.2) is 43.5 Å². The van der Waals surface area contributed by atoms with Gasteiger partial charge in [-0.05, 0) is 37.5 Å². The Hall–Kier alpha value is -2.56. The molecule has 1 aliphatic rings. The van der Waals surface area contributed by atoms with Gasteiger partial charge in [-0.3, -0.25) is 9.59 Å². The summed E-state index contributed by atoms with van der Waals surface area (Å²) in [5.41, 5.74) is 2.56. The smallest absolute Gasteiger partial charge is 0.242 e. The summed E-state index contributed by atoms with van der Waals surface area (Å²) in [6.45, 7) is 10.4. The molecular formula is C19H25N3O2. The van der Waals surface area contributed by atoms with Gasteiger partial charge < -0.3 is 15.5 Å². The molecule has 5 heteroatoms. The van der Waals surface area contributed by atoms with E-state index < -0.39 is 0 Å². The van der Waals surface area contributed by atoms with E-state index in [-0.39, 0.29) is 24.3 Å². The predicted molar refractivity (Wildman–Crippen MR) is 98.0 cm³/mol. The molecule has 2 amide bonds. The number of anilines is 2. The van der Waals surface area contributed by atoms with Crippen molar-refractivity contribution in [2.45, 2.75) is 19.8 Å². The van der Waals surface area contributed by atoms with Crippen LogP contribution in [0.1, 0.15) is 18.4 Å². The average molecular weight is 327 g/mol. The lowest BCUT2D eigenvalue weighted by molar-refractivity contribution is -0.128. The van der Waals surface area contributed by atoms with E-state index in [0.29, 0.717) is 13.1 Å². The molecule has 128 valence electrons. The zero-order valence-electron chi connectivity index (χ0n) is 14.2. The second-order valence-corrected chi connectivity index (χ2v) is 5.97. The molecule has 0 radical (unpaired) electrons. The number of hydrogen-bond acceptors (Lipinski definition) is 3. The molecule has 24 heavy (non-hydrogen) atoms. The van der Waals surface area contributed by atoms with E-state index in [4.69, 9.17) is 0 Å². The molecule has 1 saturated carbocycles. The molecule has 0 aliphatic heterocycles. The van der Waals surface area contributed by atoms with Gasteiger partial charge in [0.15, 0.2) is 0 Å². The first kappa shape index (κ1) is 17.8. The third kappa shape index (κ3) is 4.72. The summed E-state index contributed by atoms with van der Waals surface area (Å²) in [5.74, 6) is 0.213. The van der Waals surface area contributed by atoms with E-state index in [9.17, 15) is 9.59 Å². The van der Waals surface area contributed by atoms with Gasteiger partial charge in [-0.1, -0.05) is 18.2 Å². The number of benzene rings is 1. The van der Waals surface area contributed by atoms with E-state index in [1.165, 1.54) is 0 Å². The summed E-state index contributed by atoms with van der Waals surface area (Å²) in [5, 5.41) is 6.12. The maximum atomic E-state index is 12.3. The molecule has 0 spiro atoms. The molecule has 2 rings (SSSR count). The lowest BCUT2D eigenvalue weighted by Gasteiger charge is -2.20. The number of carbonyl (C=O) groups is 2. The normalized spacial score (nSPS) is 13.0. The molecular weight excluding hydrogens is 302 g/mol. The van der Waals surface area contributed by atoms with Crippen molar-refractivity contribution in [1.82, 2.24) is 4.90 Å². The van der Waals surface area contributed by atoms with Crippen LogP contribution >= 0.6 is 0 Å². The van der Waals surface area contributed by atoms with Crippen LogP contribution < -0.4 is 10.6 Å². The SMILES string of the molecule is C=CCN(CC=C)C(=O)CNc1cccc(NC(=O)C2CC2)c1C. The topological polar surface area (TPSA) is 61.4 Å². The van der Waals surface area contributed by atoms with Crippen molar-refractivity contribution in [1.29, 1.82) is 0 Å². The minimum Gasteiger partial charge on any atom is -0.376 e. The van der Waals surface area contributed by atoms with Crippen LogP contribution in [-0.2, 0) is 9.59 Å². The molecule has 0 bridgehead atoms. The highest BCUT2D eigenvalue weighted by molar-refractivity contribution is 5.95. The van der Waals surface area contributed by atoms with Crippen molar-refractivity contribution in [2.75, 3.05) is 30.3 Å². The van der Waals surface area contributed by atoms with Crippen LogP contribution in [0.4, 0.5) is 11.4 Å². The largest absolute Gasteiger partial charge is 0.376 e. The maximum absolute atomic E-state index is 12.3. The quantitative estimate of drug-likeness (QED) is 0.686. The maximum Gasteiger partial charge on any atom is 0.242 e. The number of nitrogens with zero attached hydrogens (tertiary/aromatic N) is 1. The minimum atomic E-state index is -0.0263. The van der Waals surface area contributed by atoms with E-state index in [1.807, 2.05) is 25.1 Å². The Labute approximate surface area is 143 Å². The molecule has 0 heterocycles. The van der Waals surface area contributed by atoms with Crippen molar-refractivity contribution < 1.29 is 9.59 Å². The first-order valence-electron chi connectivity index (χ1n) is 8.20. The Morgan fingerprint density at radius 2 is 1.83 bits per heavy atom. The summed E-state index contributed by atoms with van der Waals surface area (Å²) in [6.07, 6.45) is 5.33. The van der Waals surface area contributed by atoms with Crippen molar-refractivity contribution in [3.8, 4) is 0 Å². The highest BCUT2D eigenvalue weighted by atomic mass is 16.2. The molecule has 0 aromatic heterocycles. The Morgan fingerprint density at radius 3 is 2.42 bits per heavy atom. The van der Waals surface area contributed by atoms with Crippen LogP contribution in [0.3, 0.4) is 0 Å². The molecule has 1 aromatic rings.